The van der Waals surface area contributed by atoms with E-state index in [1.54, 1.807) is 0 Å². The quantitative estimate of drug-likeness (QED) is 0.521. The average molecular weight is 380 g/mol. The summed E-state index contributed by atoms with van der Waals surface area (Å²) >= 11 is 0. The molecule has 0 aromatic carbocycles. The number of carbonyl (C=O) groups is 5. The number of imide groups is 2. The minimum Gasteiger partial charge on any atom is -0.451 e. The first-order chi connectivity index (χ1) is 12.8. The van der Waals surface area contributed by atoms with E-state index in [1.165, 1.54) is 6.92 Å². The second-order valence-corrected chi connectivity index (χ2v) is 7.29. The fourth-order valence-electron chi connectivity index (χ4n) is 3.95. The van der Waals surface area contributed by atoms with Crippen molar-refractivity contribution in [2.45, 2.75) is 51.2 Å². The summed E-state index contributed by atoms with van der Waals surface area (Å²) in [6.45, 7) is 3.24. The SMILES string of the molecule is C[C@H](OC(=O)CN1C(=O)N[C@@]2(CCCC[C@@H]2C)C1=O)C(=O)N1CCNC1=O. The maximum atomic E-state index is 12.8. The van der Waals surface area contributed by atoms with Gasteiger partial charge in [0.2, 0.25) is 0 Å². The molecule has 2 N–H and O–H groups in total. The molecule has 3 rings (SSSR count). The predicted octanol–water partition coefficient (Wildman–Crippen LogP) is -0.0294. The van der Waals surface area contributed by atoms with Crippen LogP contribution in [0.4, 0.5) is 9.59 Å². The summed E-state index contributed by atoms with van der Waals surface area (Å²) in [4.78, 5) is 62.8. The number of esters is 1. The molecule has 0 unspecified atom stereocenters. The highest BCUT2D eigenvalue weighted by molar-refractivity contribution is 6.09. The molecule has 148 valence electrons. The van der Waals surface area contributed by atoms with Crippen LogP contribution in [0.5, 0.6) is 0 Å². The van der Waals surface area contributed by atoms with E-state index in [9.17, 15) is 24.0 Å². The summed E-state index contributed by atoms with van der Waals surface area (Å²) in [5.74, 6) is -1.96. The van der Waals surface area contributed by atoms with Gasteiger partial charge in [0.05, 0.1) is 0 Å². The topological polar surface area (TPSA) is 125 Å². The van der Waals surface area contributed by atoms with Gasteiger partial charge >= 0.3 is 18.0 Å². The van der Waals surface area contributed by atoms with Crippen molar-refractivity contribution in [3.05, 3.63) is 0 Å². The third-order valence-electron chi connectivity index (χ3n) is 5.57. The highest BCUT2D eigenvalue weighted by Crippen LogP contribution is 2.38. The monoisotopic (exact) mass is 380 g/mol. The van der Waals surface area contributed by atoms with Crippen molar-refractivity contribution in [2.75, 3.05) is 19.6 Å². The number of rotatable bonds is 4. The molecule has 1 saturated carbocycles. The zero-order valence-corrected chi connectivity index (χ0v) is 15.4. The second-order valence-electron chi connectivity index (χ2n) is 7.29. The summed E-state index contributed by atoms with van der Waals surface area (Å²) in [6, 6.07) is -1.16. The van der Waals surface area contributed by atoms with Gasteiger partial charge in [0, 0.05) is 13.1 Å². The molecule has 2 saturated heterocycles. The Balaban J connectivity index is 1.60. The minimum absolute atomic E-state index is 0.0158. The summed E-state index contributed by atoms with van der Waals surface area (Å²) in [5, 5.41) is 5.24. The molecule has 0 aromatic rings. The third kappa shape index (κ3) is 3.35. The van der Waals surface area contributed by atoms with Crippen molar-refractivity contribution in [1.29, 1.82) is 0 Å². The molecule has 0 aromatic heterocycles. The van der Waals surface area contributed by atoms with Crippen LogP contribution in [0.15, 0.2) is 0 Å². The van der Waals surface area contributed by atoms with Crippen LogP contribution >= 0.6 is 0 Å². The number of urea groups is 2. The van der Waals surface area contributed by atoms with Crippen molar-refractivity contribution in [1.82, 2.24) is 20.4 Å². The Hall–Kier alpha value is -2.65. The Morgan fingerprint density at radius 3 is 2.63 bits per heavy atom. The van der Waals surface area contributed by atoms with E-state index in [0.717, 1.165) is 29.1 Å². The Bertz CT molecular complexity index is 695. The van der Waals surface area contributed by atoms with E-state index in [1.807, 2.05) is 6.92 Å². The normalized spacial score (nSPS) is 29.0. The van der Waals surface area contributed by atoms with Gasteiger partial charge in [-0.1, -0.05) is 19.8 Å². The van der Waals surface area contributed by atoms with Crippen LogP contribution in [0.3, 0.4) is 0 Å². The fraction of sp³-hybridized carbons (Fsp3) is 0.706. The molecule has 6 amide bonds. The van der Waals surface area contributed by atoms with Crippen molar-refractivity contribution < 1.29 is 28.7 Å². The molecule has 1 spiro atoms. The summed E-state index contributed by atoms with van der Waals surface area (Å²) < 4.78 is 5.05. The number of ether oxygens (including phenoxy) is 1. The van der Waals surface area contributed by atoms with Crippen molar-refractivity contribution in [3.63, 3.8) is 0 Å². The van der Waals surface area contributed by atoms with Crippen LogP contribution in [0.2, 0.25) is 0 Å². The summed E-state index contributed by atoms with van der Waals surface area (Å²) in [6.07, 6.45) is 2.01. The molecule has 0 radical (unpaired) electrons. The lowest BCUT2D eigenvalue weighted by molar-refractivity contribution is -0.159. The first-order valence-electron chi connectivity index (χ1n) is 9.19. The lowest BCUT2D eigenvalue weighted by atomic mass is 9.73. The number of nitrogens with one attached hydrogen (secondary N) is 2. The van der Waals surface area contributed by atoms with Crippen LogP contribution in [0, 0.1) is 5.92 Å². The van der Waals surface area contributed by atoms with Gasteiger partial charge in [-0.2, -0.15) is 0 Å². The highest BCUT2D eigenvalue weighted by atomic mass is 16.5. The molecule has 10 nitrogen and oxygen atoms in total. The van der Waals surface area contributed by atoms with Gasteiger partial charge in [0.1, 0.15) is 12.1 Å². The lowest BCUT2D eigenvalue weighted by Gasteiger charge is -2.36. The van der Waals surface area contributed by atoms with Crippen molar-refractivity contribution in [3.8, 4) is 0 Å². The summed E-state index contributed by atoms with van der Waals surface area (Å²) in [5.41, 5.74) is -0.954. The van der Waals surface area contributed by atoms with E-state index in [2.05, 4.69) is 10.6 Å². The number of nitrogens with zero attached hydrogens (tertiary/aromatic N) is 2. The molecule has 2 aliphatic heterocycles. The largest absolute Gasteiger partial charge is 0.451 e. The van der Waals surface area contributed by atoms with Gasteiger partial charge in [-0.15, -0.1) is 0 Å². The number of amides is 6. The standard InChI is InChI=1S/C17H24N4O6/c1-10-5-3-4-6-17(10)14(24)21(16(26)19-17)9-12(22)27-11(2)13(23)20-8-7-18-15(20)25/h10-11H,3-9H2,1-2H3,(H,18,25)(H,19,26)/t10-,11-,17+/m0/s1. The van der Waals surface area contributed by atoms with Crippen molar-refractivity contribution in [2.24, 2.45) is 5.92 Å². The van der Waals surface area contributed by atoms with E-state index >= 15 is 0 Å². The summed E-state index contributed by atoms with van der Waals surface area (Å²) in [7, 11) is 0. The molecule has 27 heavy (non-hydrogen) atoms. The number of carbonyl (C=O) groups excluding carboxylic acids is 5. The highest BCUT2D eigenvalue weighted by Gasteiger charge is 2.55. The lowest BCUT2D eigenvalue weighted by Crippen LogP contribution is -2.54. The minimum atomic E-state index is -1.19. The Morgan fingerprint density at radius 2 is 2.00 bits per heavy atom. The van der Waals surface area contributed by atoms with Gasteiger partial charge < -0.3 is 15.4 Å². The van der Waals surface area contributed by atoms with Crippen LogP contribution in [0.25, 0.3) is 0 Å². The molecular formula is C17H24N4O6. The van der Waals surface area contributed by atoms with E-state index < -0.39 is 48.0 Å². The van der Waals surface area contributed by atoms with Gasteiger partial charge in [0.25, 0.3) is 11.8 Å². The molecular weight excluding hydrogens is 356 g/mol. The first kappa shape index (κ1) is 19.1. The number of hydrogen-bond acceptors (Lipinski definition) is 6. The maximum absolute atomic E-state index is 12.8. The predicted molar refractivity (Wildman–Crippen MR) is 91.3 cm³/mol. The second kappa shape index (κ2) is 7.16. The molecule has 3 fully saturated rings. The van der Waals surface area contributed by atoms with Gasteiger partial charge in [-0.25, -0.2) is 9.59 Å². The zero-order valence-electron chi connectivity index (χ0n) is 15.4. The number of hydrogen-bond donors (Lipinski definition) is 2. The Kier molecular flexibility index (Phi) is 5.07. The van der Waals surface area contributed by atoms with Crippen LogP contribution < -0.4 is 10.6 Å². The molecule has 10 heteroatoms. The van der Waals surface area contributed by atoms with E-state index in [0.29, 0.717) is 13.0 Å². The van der Waals surface area contributed by atoms with Gasteiger partial charge in [-0.05, 0) is 25.7 Å². The third-order valence-corrected chi connectivity index (χ3v) is 5.57. The van der Waals surface area contributed by atoms with Crippen LogP contribution in [0.1, 0.15) is 39.5 Å². The fourth-order valence-corrected chi connectivity index (χ4v) is 3.95. The molecule has 3 aliphatic rings. The molecule has 0 bridgehead atoms. The zero-order chi connectivity index (χ0) is 19.8. The Morgan fingerprint density at radius 1 is 1.26 bits per heavy atom. The van der Waals surface area contributed by atoms with Crippen molar-refractivity contribution >= 4 is 29.8 Å². The Labute approximate surface area is 156 Å². The molecule has 1 aliphatic carbocycles. The van der Waals surface area contributed by atoms with Gasteiger partial charge in [0.15, 0.2) is 6.10 Å². The van der Waals surface area contributed by atoms with Crippen LogP contribution in [-0.2, 0) is 19.1 Å². The maximum Gasteiger partial charge on any atom is 0.327 e. The van der Waals surface area contributed by atoms with Gasteiger partial charge in [-0.3, -0.25) is 24.2 Å². The van der Waals surface area contributed by atoms with E-state index in [4.69, 9.17) is 4.74 Å². The average Bonchev–Trinajstić information content (AvgIpc) is 3.14. The smallest absolute Gasteiger partial charge is 0.327 e. The molecule has 2 heterocycles. The molecule has 3 atom stereocenters. The first-order valence-corrected chi connectivity index (χ1v) is 9.19. The van der Waals surface area contributed by atoms with E-state index in [-0.39, 0.29) is 12.5 Å². The van der Waals surface area contributed by atoms with Crippen LogP contribution in [-0.4, -0.2) is 70.9 Å².